The summed E-state index contributed by atoms with van der Waals surface area (Å²) >= 11 is 0. The van der Waals surface area contributed by atoms with Gasteiger partial charge in [-0.15, -0.1) is 0 Å². The number of nitrogens with one attached hydrogen (secondary N) is 2. The normalized spacial score (nSPS) is 15.1. The van der Waals surface area contributed by atoms with Gasteiger partial charge in [-0.25, -0.2) is 9.18 Å². The fourth-order valence-corrected chi connectivity index (χ4v) is 4.50. The van der Waals surface area contributed by atoms with Crippen molar-refractivity contribution in [2.24, 2.45) is 0 Å². The summed E-state index contributed by atoms with van der Waals surface area (Å²) in [7, 11) is 0. The fraction of sp³-hybridized carbons (Fsp3) is 0.560. The van der Waals surface area contributed by atoms with Gasteiger partial charge in [0.05, 0.1) is 11.2 Å². The second-order valence-corrected chi connectivity index (χ2v) is 9.46. The molecule has 1 fully saturated rings. The Hall–Kier alpha value is -2.90. The maximum absolute atomic E-state index is 15.1. The third kappa shape index (κ3) is 5.20. The number of amides is 1. The molecule has 8 heteroatoms. The summed E-state index contributed by atoms with van der Waals surface area (Å²) in [5.41, 5.74) is -1.46. The highest BCUT2D eigenvalue weighted by atomic mass is 19.1. The van der Waals surface area contributed by atoms with E-state index in [9.17, 15) is 19.5 Å². The summed E-state index contributed by atoms with van der Waals surface area (Å²) in [5, 5.41) is 15.2. The van der Waals surface area contributed by atoms with Gasteiger partial charge in [0.1, 0.15) is 16.9 Å². The van der Waals surface area contributed by atoms with Gasteiger partial charge < -0.3 is 20.3 Å². The molecule has 1 heterocycles. The van der Waals surface area contributed by atoms with Gasteiger partial charge in [0.25, 0.3) is 5.91 Å². The first-order chi connectivity index (χ1) is 15.6. The molecule has 0 spiro atoms. The van der Waals surface area contributed by atoms with Crippen LogP contribution in [0.1, 0.15) is 89.0 Å². The molecule has 0 atom stereocenters. The first-order valence-corrected chi connectivity index (χ1v) is 11.8. The summed E-state index contributed by atoms with van der Waals surface area (Å²) in [5.74, 6) is -2.55. The quantitative estimate of drug-likeness (QED) is 0.524. The van der Waals surface area contributed by atoms with Gasteiger partial charge in [0, 0.05) is 23.7 Å². The number of aromatic nitrogens is 1. The first-order valence-electron chi connectivity index (χ1n) is 11.8. The van der Waals surface area contributed by atoms with Crippen LogP contribution in [0.15, 0.2) is 23.1 Å². The van der Waals surface area contributed by atoms with Crippen LogP contribution in [0.25, 0.3) is 10.9 Å². The van der Waals surface area contributed by atoms with E-state index in [1.54, 1.807) is 6.07 Å². The number of aliphatic carboxylic acids is 1. The number of rotatable bonds is 8. The Kier molecular flexibility index (Phi) is 7.44. The minimum absolute atomic E-state index is 0.0138. The van der Waals surface area contributed by atoms with Crippen molar-refractivity contribution in [1.29, 1.82) is 0 Å². The molecule has 7 nitrogen and oxygen atoms in total. The highest BCUT2D eigenvalue weighted by Crippen LogP contribution is 2.29. The minimum atomic E-state index is -1.56. The molecule has 33 heavy (non-hydrogen) atoms. The van der Waals surface area contributed by atoms with Crippen LogP contribution >= 0.6 is 0 Å². The van der Waals surface area contributed by atoms with Crippen LogP contribution < -0.4 is 16.1 Å². The SMILES string of the molecule is CCC(CC)n1cc(C(=O)NC(C)(C)C(=O)O)c(=O)c2cc(F)c(NC3CCCCC3)cc21. The average Bonchev–Trinajstić information content (AvgIpc) is 2.77. The van der Waals surface area contributed by atoms with Crippen molar-refractivity contribution in [3.05, 3.63) is 39.9 Å². The van der Waals surface area contributed by atoms with Crippen molar-refractivity contribution in [3.8, 4) is 0 Å². The van der Waals surface area contributed by atoms with Gasteiger partial charge in [-0.1, -0.05) is 33.1 Å². The lowest BCUT2D eigenvalue weighted by Gasteiger charge is -2.26. The Labute approximate surface area is 193 Å². The number of hydrogen-bond donors (Lipinski definition) is 3. The minimum Gasteiger partial charge on any atom is -0.480 e. The topological polar surface area (TPSA) is 100 Å². The maximum atomic E-state index is 15.1. The fourth-order valence-electron chi connectivity index (χ4n) is 4.50. The van der Waals surface area contributed by atoms with Crippen molar-refractivity contribution in [1.82, 2.24) is 9.88 Å². The smallest absolute Gasteiger partial charge is 0.328 e. The Morgan fingerprint density at radius 2 is 1.82 bits per heavy atom. The predicted molar refractivity (Wildman–Crippen MR) is 127 cm³/mol. The van der Waals surface area contributed by atoms with Crippen molar-refractivity contribution in [2.45, 2.75) is 90.3 Å². The number of carbonyl (C=O) groups excluding carboxylic acids is 1. The zero-order chi connectivity index (χ0) is 24.3. The van der Waals surface area contributed by atoms with E-state index < -0.39 is 28.7 Å². The molecule has 3 N–H and O–H groups in total. The summed E-state index contributed by atoms with van der Waals surface area (Å²) in [4.78, 5) is 37.6. The molecular formula is C25H34FN3O4. The highest BCUT2D eigenvalue weighted by Gasteiger charge is 2.31. The van der Waals surface area contributed by atoms with E-state index in [1.165, 1.54) is 32.5 Å². The number of anilines is 1. The number of hydrogen-bond acceptors (Lipinski definition) is 4. The zero-order valence-corrected chi connectivity index (χ0v) is 19.8. The van der Waals surface area contributed by atoms with Crippen molar-refractivity contribution in [3.63, 3.8) is 0 Å². The summed E-state index contributed by atoms with van der Waals surface area (Å²) in [6, 6.07) is 3.05. The number of pyridine rings is 1. The molecule has 0 unspecified atom stereocenters. The summed E-state index contributed by atoms with van der Waals surface area (Å²) in [6.45, 7) is 6.71. The second kappa shape index (κ2) is 9.93. The number of nitrogens with zero attached hydrogens (tertiary/aromatic N) is 1. The number of carboxylic acids is 1. The molecule has 0 bridgehead atoms. The van der Waals surface area contributed by atoms with Crippen LogP contribution in [-0.4, -0.2) is 33.1 Å². The van der Waals surface area contributed by atoms with E-state index in [0.717, 1.165) is 38.5 Å². The number of benzene rings is 1. The standard InChI is InChI=1S/C25H34FN3O4/c1-5-16(6-2)29-14-18(23(31)28-25(3,4)24(32)33)22(30)17-12-19(26)20(13-21(17)29)27-15-10-8-7-9-11-15/h12-16,27H,5-11H2,1-4H3,(H,28,31)(H,32,33). The van der Waals surface area contributed by atoms with E-state index in [4.69, 9.17) is 0 Å². The molecule has 0 aliphatic heterocycles. The molecule has 2 aromatic rings. The number of halogens is 1. The molecule has 3 rings (SSSR count). The lowest BCUT2D eigenvalue weighted by atomic mass is 9.95. The third-order valence-corrected chi connectivity index (χ3v) is 6.63. The Balaban J connectivity index is 2.14. The predicted octanol–water partition coefficient (Wildman–Crippen LogP) is 4.84. The highest BCUT2D eigenvalue weighted by molar-refractivity contribution is 6.00. The van der Waals surface area contributed by atoms with E-state index in [2.05, 4.69) is 10.6 Å². The first kappa shape index (κ1) is 24.7. The monoisotopic (exact) mass is 459 g/mol. The zero-order valence-electron chi connectivity index (χ0n) is 19.8. The summed E-state index contributed by atoms with van der Waals surface area (Å²) < 4.78 is 16.9. The summed E-state index contributed by atoms with van der Waals surface area (Å²) in [6.07, 6.45) is 8.35. The van der Waals surface area contributed by atoms with Crippen molar-refractivity contribution >= 4 is 28.5 Å². The maximum Gasteiger partial charge on any atom is 0.328 e. The molecule has 1 aliphatic rings. The Bertz CT molecular complexity index is 1100. The molecule has 1 aromatic heterocycles. The van der Waals surface area contributed by atoms with E-state index in [0.29, 0.717) is 11.2 Å². The molecule has 1 amide bonds. The van der Waals surface area contributed by atoms with Gasteiger partial charge in [-0.3, -0.25) is 9.59 Å². The largest absolute Gasteiger partial charge is 0.480 e. The van der Waals surface area contributed by atoms with Crippen molar-refractivity contribution < 1.29 is 19.1 Å². The van der Waals surface area contributed by atoms with Crippen molar-refractivity contribution in [2.75, 3.05) is 5.32 Å². The van der Waals surface area contributed by atoms with Crippen LogP contribution in [0.5, 0.6) is 0 Å². The number of carbonyl (C=O) groups is 2. The third-order valence-electron chi connectivity index (χ3n) is 6.63. The van der Waals surface area contributed by atoms with Crippen LogP contribution in [0.3, 0.4) is 0 Å². The van der Waals surface area contributed by atoms with Gasteiger partial charge in [-0.05, 0) is 51.7 Å². The average molecular weight is 460 g/mol. The van der Waals surface area contributed by atoms with Gasteiger partial charge in [0.2, 0.25) is 5.43 Å². The molecule has 1 aliphatic carbocycles. The Morgan fingerprint density at radius 1 is 1.18 bits per heavy atom. The lowest BCUT2D eigenvalue weighted by molar-refractivity contribution is -0.143. The molecule has 0 radical (unpaired) electrons. The van der Waals surface area contributed by atoms with E-state index in [1.807, 2.05) is 18.4 Å². The second-order valence-electron chi connectivity index (χ2n) is 9.46. The van der Waals surface area contributed by atoms with E-state index in [-0.39, 0.29) is 23.0 Å². The lowest BCUT2D eigenvalue weighted by Crippen LogP contribution is -2.50. The van der Waals surface area contributed by atoms with Gasteiger partial charge in [-0.2, -0.15) is 0 Å². The molecule has 1 aromatic carbocycles. The van der Waals surface area contributed by atoms with Crippen LogP contribution in [0.2, 0.25) is 0 Å². The molecular weight excluding hydrogens is 425 g/mol. The Morgan fingerprint density at radius 3 is 2.39 bits per heavy atom. The van der Waals surface area contributed by atoms with Gasteiger partial charge >= 0.3 is 5.97 Å². The molecule has 1 saturated carbocycles. The molecule has 180 valence electrons. The van der Waals surface area contributed by atoms with Crippen LogP contribution in [-0.2, 0) is 4.79 Å². The van der Waals surface area contributed by atoms with Crippen LogP contribution in [0, 0.1) is 5.82 Å². The number of carboxylic acid groups (broad SMARTS) is 1. The van der Waals surface area contributed by atoms with Gasteiger partial charge in [0.15, 0.2) is 0 Å². The van der Waals surface area contributed by atoms with E-state index >= 15 is 4.39 Å². The van der Waals surface area contributed by atoms with Crippen LogP contribution in [0.4, 0.5) is 10.1 Å². The molecule has 0 saturated heterocycles. The number of fused-ring (bicyclic) bond motifs is 1.